The van der Waals surface area contributed by atoms with Gasteiger partial charge >= 0.3 is 0 Å². The van der Waals surface area contributed by atoms with Gasteiger partial charge in [-0.15, -0.1) is 0 Å². The van der Waals surface area contributed by atoms with Crippen LogP contribution in [0.25, 0.3) is 11.1 Å². The highest BCUT2D eigenvalue weighted by Crippen LogP contribution is 2.32. The molecule has 1 saturated heterocycles. The molecular formula is C23H28FNO3. The van der Waals surface area contributed by atoms with Gasteiger partial charge in [0.1, 0.15) is 11.6 Å². The zero-order valence-corrected chi connectivity index (χ0v) is 16.8. The van der Waals surface area contributed by atoms with Crippen LogP contribution in [0.2, 0.25) is 0 Å². The number of benzene rings is 2. The fraction of sp³-hybridized carbons (Fsp3) is 0.435. The first-order chi connectivity index (χ1) is 13.3. The minimum atomic E-state index is -0.444. The van der Waals surface area contributed by atoms with Crippen molar-refractivity contribution in [3.05, 3.63) is 52.8 Å². The standard InChI is InChI=1S/C23H28FNO3/c1-15-10-20(26)11-16(2)22(15)17-12-18(14-19(24)13-17)23(27)25(3)8-4-6-21-7-5-9-28-21/h10-14,21,26H,4-9H2,1-3H3. The SMILES string of the molecule is Cc1cc(O)cc(C)c1-c1cc(F)cc(C(=O)N(C)CCCC2CCCO2)c1. The van der Waals surface area contributed by atoms with Gasteiger partial charge in [-0.2, -0.15) is 0 Å². The number of hydrogen-bond donors (Lipinski definition) is 1. The van der Waals surface area contributed by atoms with Crippen molar-refractivity contribution in [1.82, 2.24) is 4.90 Å². The van der Waals surface area contributed by atoms with Crippen molar-refractivity contribution in [2.45, 2.75) is 45.6 Å². The summed E-state index contributed by atoms with van der Waals surface area (Å²) in [6, 6.07) is 7.74. The Bertz CT molecular complexity index is 836. The summed E-state index contributed by atoms with van der Waals surface area (Å²) in [5.41, 5.74) is 3.50. The second-order valence-corrected chi connectivity index (χ2v) is 7.69. The third-order valence-electron chi connectivity index (χ3n) is 5.34. The quantitative estimate of drug-likeness (QED) is 0.774. The fourth-order valence-corrected chi connectivity index (χ4v) is 4.00. The molecule has 0 spiro atoms. The summed E-state index contributed by atoms with van der Waals surface area (Å²) in [5.74, 6) is -0.458. The van der Waals surface area contributed by atoms with E-state index in [-0.39, 0.29) is 11.7 Å². The van der Waals surface area contributed by atoms with Crippen LogP contribution in [-0.4, -0.2) is 42.2 Å². The topological polar surface area (TPSA) is 49.8 Å². The van der Waals surface area contributed by atoms with Crippen LogP contribution >= 0.6 is 0 Å². The molecule has 3 rings (SSSR count). The number of ether oxygens (including phenoxy) is 1. The van der Waals surface area contributed by atoms with Gasteiger partial charge in [-0.05, 0) is 92.1 Å². The molecule has 28 heavy (non-hydrogen) atoms. The van der Waals surface area contributed by atoms with E-state index < -0.39 is 5.82 Å². The lowest BCUT2D eigenvalue weighted by atomic mass is 9.94. The second-order valence-electron chi connectivity index (χ2n) is 7.69. The predicted molar refractivity (Wildman–Crippen MR) is 108 cm³/mol. The number of phenolic OH excluding ortho intramolecular Hbond substituents is 1. The third kappa shape index (κ3) is 4.71. The van der Waals surface area contributed by atoms with Crippen LogP contribution in [0.3, 0.4) is 0 Å². The first kappa shape index (κ1) is 20.3. The predicted octanol–water partition coefficient (Wildman–Crippen LogP) is 4.85. The highest BCUT2D eigenvalue weighted by atomic mass is 19.1. The Kier molecular flexibility index (Phi) is 6.35. The first-order valence-electron chi connectivity index (χ1n) is 9.83. The molecule has 0 saturated carbocycles. The second kappa shape index (κ2) is 8.74. The lowest BCUT2D eigenvalue weighted by molar-refractivity contribution is 0.0762. The molecule has 0 bridgehead atoms. The van der Waals surface area contributed by atoms with Crippen molar-refractivity contribution in [3.8, 4) is 16.9 Å². The number of aromatic hydroxyl groups is 1. The minimum absolute atomic E-state index is 0.178. The van der Waals surface area contributed by atoms with Crippen molar-refractivity contribution in [2.24, 2.45) is 0 Å². The van der Waals surface area contributed by atoms with Crippen LogP contribution in [-0.2, 0) is 4.74 Å². The molecule has 0 aromatic heterocycles. The molecule has 1 aliphatic heterocycles. The maximum absolute atomic E-state index is 14.3. The van der Waals surface area contributed by atoms with E-state index in [0.29, 0.717) is 23.8 Å². The Hall–Kier alpha value is -2.40. The zero-order chi connectivity index (χ0) is 20.3. The lowest BCUT2D eigenvalue weighted by Gasteiger charge is -2.19. The Balaban J connectivity index is 1.76. The van der Waals surface area contributed by atoms with Crippen LogP contribution in [0.1, 0.15) is 47.2 Å². The average Bonchev–Trinajstić information content (AvgIpc) is 3.13. The molecule has 0 radical (unpaired) electrons. The third-order valence-corrected chi connectivity index (χ3v) is 5.34. The molecule has 5 heteroatoms. The summed E-state index contributed by atoms with van der Waals surface area (Å²) in [7, 11) is 1.75. The van der Waals surface area contributed by atoms with Crippen LogP contribution < -0.4 is 0 Å². The van der Waals surface area contributed by atoms with Crippen molar-refractivity contribution in [2.75, 3.05) is 20.2 Å². The van der Waals surface area contributed by atoms with E-state index in [0.717, 1.165) is 49.0 Å². The molecule has 150 valence electrons. The summed E-state index contributed by atoms with van der Waals surface area (Å²) >= 11 is 0. The Morgan fingerprint density at radius 1 is 1.21 bits per heavy atom. The average molecular weight is 385 g/mol. The Morgan fingerprint density at radius 3 is 2.57 bits per heavy atom. The van der Waals surface area contributed by atoms with Crippen LogP contribution in [0.4, 0.5) is 4.39 Å². The number of rotatable bonds is 6. The van der Waals surface area contributed by atoms with Gasteiger partial charge in [0.2, 0.25) is 0 Å². The summed E-state index contributed by atoms with van der Waals surface area (Å²) < 4.78 is 19.9. The van der Waals surface area contributed by atoms with Crippen molar-refractivity contribution in [1.29, 1.82) is 0 Å². The summed E-state index contributed by atoms with van der Waals surface area (Å²) in [5, 5.41) is 9.75. The number of halogens is 1. The largest absolute Gasteiger partial charge is 0.508 e. The summed E-state index contributed by atoms with van der Waals surface area (Å²) in [6.45, 7) is 5.18. The summed E-state index contributed by atoms with van der Waals surface area (Å²) in [6.07, 6.45) is 4.32. The normalized spacial score (nSPS) is 16.4. The maximum atomic E-state index is 14.3. The van der Waals surface area contributed by atoms with Gasteiger partial charge in [0.05, 0.1) is 6.10 Å². The maximum Gasteiger partial charge on any atom is 0.253 e. The molecule has 1 unspecified atom stereocenters. The van der Waals surface area contributed by atoms with Gasteiger partial charge in [0.25, 0.3) is 5.91 Å². The highest BCUT2D eigenvalue weighted by Gasteiger charge is 2.18. The first-order valence-corrected chi connectivity index (χ1v) is 9.83. The van der Waals surface area contributed by atoms with Gasteiger partial charge < -0.3 is 14.7 Å². The van der Waals surface area contributed by atoms with Crippen LogP contribution in [0.15, 0.2) is 30.3 Å². The number of nitrogens with zero attached hydrogens (tertiary/aromatic N) is 1. The van der Waals surface area contributed by atoms with Gasteiger partial charge in [-0.3, -0.25) is 4.79 Å². The molecule has 1 N–H and O–H groups in total. The fourth-order valence-electron chi connectivity index (χ4n) is 4.00. The number of hydrogen-bond acceptors (Lipinski definition) is 3. The molecule has 4 nitrogen and oxygen atoms in total. The van der Waals surface area contributed by atoms with E-state index in [2.05, 4.69) is 0 Å². The van der Waals surface area contributed by atoms with Crippen LogP contribution in [0, 0.1) is 19.7 Å². The monoisotopic (exact) mass is 385 g/mol. The number of amides is 1. The van der Waals surface area contributed by atoms with Crippen LogP contribution in [0.5, 0.6) is 5.75 Å². The molecule has 0 aliphatic carbocycles. The number of aryl methyl sites for hydroxylation is 2. The smallest absolute Gasteiger partial charge is 0.253 e. The highest BCUT2D eigenvalue weighted by molar-refractivity contribution is 5.95. The molecule has 1 fully saturated rings. The van der Waals surface area contributed by atoms with Gasteiger partial charge in [0.15, 0.2) is 0 Å². The Morgan fingerprint density at radius 2 is 1.93 bits per heavy atom. The number of phenols is 1. The molecule has 2 aromatic rings. The molecule has 1 atom stereocenters. The lowest BCUT2D eigenvalue weighted by Crippen LogP contribution is -2.28. The molecule has 2 aromatic carbocycles. The van der Waals surface area contributed by atoms with E-state index >= 15 is 0 Å². The van der Waals surface area contributed by atoms with Gasteiger partial charge in [-0.1, -0.05) is 0 Å². The van der Waals surface area contributed by atoms with E-state index in [4.69, 9.17) is 4.74 Å². The number of carbonyl (C=O) groups is 1. The van der Waals surface area contributed by atoms with Crippen molar-refractivity contribution < 1.29 is 19.0 Å². The van der Waals surface area contributed by atoms with Crippen molar-refractivity contribution in [3.63, 3.8) is 0 Å². The summed E-state index contributed by atoms with van der Waals surface area (Å²) in [4.78, 5) is 14.5. The van der Waals surface area contributed by atoms with Crippen molar-refractivity contribution >= 4 is 5.91 Å². The molecule has 1 aliphatic rings. The number of carbonyl (C=O) groups excluding carboxylic acids is 1. The molecular weight excluding hydrogens is 357 g/mol. The Labute approximate surface area is 165 Å². The van der Waals surface area contributed by atoms with E-state index in [1.807, 2.05) is 13.8 Å². The van der Waals surface area contributed by atoms with E-state index in [1.165, 1.54) is 12.1 Å². The van der Waals surface area contributed by atoms with E-state index in [9.17, 15) is 14.3 Å². The molecule has 1 heterocycles. The zero-order valence-electron chi connectivity index (χ0n) is 16.8. The van der Waals surface area contributed by atoms with E-state index in [1.54, 1.807) is 30.1 Å². The van der Waals surface area contributed by atoms with Gasteiger partial charge in [-0.25, -0.2) is 4.39 Å². The van der Waals surface area contributed by atoms with Gasteiger partial charge in [0, 0.05) is 25.8 Å². The minimum Gasteiger partial charge on any atom is -0.508 e. The molecule has 1 amide bonds.